The van der Waals surface area contributed by atoms with Gasteiger partial charge in [-0.2, -0.15) is 0 Å². The Morgan fingerprint density at radius 1 is 1.19 bits per heavy atom. The molecule has 0 aliphatic carbocycles. The Labute approximate surface area is 98.8 Å². The highest BCUT2D eigenvalue weighted by Crippen LogP contribution is 2.28. The van der Waals surface area contributed by atoms with Gasteiger partial charge in [0.15, 0.2) is 0 Å². The number of likely N-dealkylation sites (tertiary alicyclic amines) is 2. The number of rotatable bonds is 4. The highest BCUT2D eigenvalue weighted by Gasteiger charge is 2.44. The van der Waals surface area contributed by atoms with Crippen molar-refractivity contribution in [3.05, 3.63) is 0 Å². The smallest absolute Gasteiger partial charge is 0.148 e. The average molecular weight is 228 g/mol. The maximum atomic E-state index is 14.3. The van der Waals surface area contributed by atoms with Crippen molar-refractivity contribution in [1.29, 1.82) is 0 Å². The van der Waals surface area contributed by atoms with Crippen LogP contribution in [-0.4, -0.2) is 54.7 Å². The molecule has 0 aromatic rings. The van der Waals surface area contributed by atoms with Gasteiger partial charge in [0.1, 0.15) is 5.67 Å². The van der Waals surface area contributed by atoms with E-state index in [0.717, 1.165) is 32.0 Å². The molecular weight excluding hydrogens is 203 g/mol. The summed E-state index contributed by atoms with van der Waals surface area (Å²) in [5.74, 6) is 0.838. The van der Waals surface area contributed by atoms with E-state index in [2.05, 4.69) is 23.6 Å². The first-order chi connectivity index (χ1) is 7.61. The molecule has 3 heteroatoms. The van der Waals surface area contributed by atoms with E-state index in [1.807, 2.05) is 0 Å². The fraction of sp³-hybridized carbons (Fsp3) is 1.00. The van der Waals surface area contributed by atoms with Crippen LogP contribution in [0.25, 0.3) is 0 Å². The van der Waals surface area contributed by atoms with Crippen molar-refractivity contribution >= 4 is 0 Å². The quantitative estimate of drug-likeness (QED) is 0.727. The van der Waals surface area contributed by atoms with Crippen molar-refractivity contribution in [2.75, 3.05) is 39.3 Å². The molecule has 0 unspecified atom stereocenters. The fourth-order valence-electron chi connectivity index (χ4n) is 2.95. The highest BCUT2D eigenvalue weighted by molar-refractivity contribution is 4.98. The van der Waals surface area contributed by atoms with Gasteiger partial charge in [-0.15, -0.1) is 0 Å². The second-order valence-electron chi connectivity index (χ2n) is 5.82. The minimum atomic E-state index is -0.907. The van der Waals surface area contributed by atoms with Gasteiger partial charge >= 0.3 is 0 Å². The number of hydrogen-bond donors (Lipinski definition) is 0. The van der Waals surface area contributed by atoms with Gasteiger partial charge in [-0.05, 0) is 44.8 Å². The first-order valence-corrected chi connectivity index (χ1v) is 6.75. The van der Waals surface area contributed by atoms with E-state index in [0.29, 0.717) is 19.6 Å². The maximum Gasteiger partial charge on any atom is 0.148 e. The zero-order valence-electron chi connectivity index (χ0n) is 10.7. The monoisotopic (exact) mass is 228 g/mol. The number of halogens is 1. The predicted octanol–water partition coefficient (Wildman–Crippen LogP) is 2.15. The van der Waals surface area contributed by atoms with E-state index in [-0.39, 0.29) is 0 Å². The molecule has 16 heavy (non-hydrogen) atoms. The van der Waals surface area contributed by atoms with Crippen LogP contribution in [0.1, 0.15) is 33.1 Å². The molecule has 0 saturated carbocycles. The van der Waals surface area contributed by atoms with Crippen LogP contribution >= 0.6 is 0 Å². The topological polar surface area (TPSA) is 6.48 Å². The largest absolute Gasteiger partial charge is 0.300 e. The Hall–Kier alpha value is -0.150. The molecule has 0 aromatic heterocycles. The molecule has 2 nitrogen and oxygen atoms in total. The van der Waals surface area contributed by atoms with Gasteiger partial charge < -0.3 is 4.90 Å². The molecule has 0 N–H and O–H groups in total. The molecule has 0 aromatic carbocycles. The Morgan fingerprint density at radius 3 is 2.38 bits per heavy atom. The van der Waals surface area contributed by atoms with E-state index in [9.17, 15) is 4.39 Å². The molecule has 2 rings (SSSR count). The lowest BCUT2D eigenvalue weighted by Gasteiger charge is -2.47. The molecule has 0 bridgehead atoms. The molecule has 0 spiro atoms. The van der Waals surface area contributed by atoms with Gasteiger partial charge in [-0.3, -0.25) is 4.90 Å². The third-order valence-corrected chi connectivity index (χ3v) is 3.94. The second-order valence-corrected chi connectivity index (χ2v) is 5.82. The van der Waals surface area contributed by atoms with Gasteiger partial charge in [0, 0.05) is 19.6 Å². The molecular formula is C13H25FN2. The normalized spacial score (nSPS) is 27.9. The third-order valence-electron chi connectivity index (χ3n) is 3.94. The first kappa shape index (κ1) is 12.3. The Kier molecular flexibility index (Phi) is 3.85. The number of nitrogens with zero attached hydrogens (tertiary/aromatic N) is 2. The summed E-state index contributed by atoms with van der Waals surface area (Å²) in [5.41, 5.74) is -0.907. The van der Waals surface area contributed by atoms with E-state index in [1.165, 1.54) is 12.8 Å². The average Bonchev–Trinajstić information content (AvgIpc) is 2.20. The Bertz CT molecular complexity index is 218. The van der Waals surface area contributed by atoms with Crippen LogP contribution in [0.5, 0.6) is 0 Å². The lowest BCUT2D eigenvalue weighted by atomic mass is 9.92. The molecule has 2 aliphatic rings. The van der Waals surface area contributed by atoms with Crippen molar-refractivity contribution in [2.24, 2.45) is 5.92 Å². The summed E-state index contributed by atoms with van der Waals surface area (Å²) in [4.78, 5) is 4.55. The van der Waals surface area contributed by atoms with Crippen LogP contribution in [0.15, 0.2) is 0 Å². The molecule has 2 aliphatic heterocycles. The molecule has 2 fully saturated rings. The van der Waals surface area contributed by atoms with Gasteiger partial charge in [0.05, 0.1) is 0 Å². The molecule has 2 heterocycles. The van der Waals surface area contributed by atoms with Crippen molar-refractivity contribution < 1.29 is 4.39 Å². The summed E-state index contributed by atoms with van der Waals surface area (Å²) in [5, 5.41) is 0. The zero-order chi connectivity index (χ0) is 11.6. The summed E-state index contributed by atoms with van der Waals surface area (Å²) >= 11 is 0. The number of alkyl halides is 1. The molecule has 0 radical (unpaired) electrons. The van der Waals surface area contributed by atoms with Crippen LogP contribution in [-0.2, 0) is 0 Å². The van der Waals surface area contributed by atoms with E-state index in [1.54, 1.807) is 0 Å². The number of hydrogen-bond acceptors (Lipinski definition) is 2. The summed E-state index contributed by atoms with van der Waals surface area (Å²) in [6.07, 6.45) is 3.63. The minimum absolute atomic E-state index is 0.660. The molecule has 2 saturated heterocycles. The van der Waals surface area contributed by atoms with Crippen molar-refractivity contribution in [1.82, 2.24) is 9.80 Å². The van der Waals surface area contributed by atoms with Crippen molar-refractivity contribution in [3.63, 3.8) is 0 Å². The van der Waals surface area contributed by atoms with Gasteiger partial charge in [0.25, 0.3) is 0 Å². The van der Waals surface area contributed by atoms with Crippen molar-refractivity contribution in [3.8, 4) is 0 Å². The summed E-state index contributed by atoms with van der Waals surface area (Å²) < 4.78 is 14.3. The van der Waals surface area contributed by atoms with E-state index >= 15 is 0 Å². The Balaban J connectivity index is 1.70. The van der Waals surface area contributed by atoms with Crippen molar-refractivity contribution in [2.45, 2.75) is 38.8 Å². The standard InChI is InChI=1S/C13H25FN2/c1-3-6-16-10-13(14,11-16)9-15-7-4-12(2)5-8-15/h12H,3-11H2,1-2H3. The van der Waals surface area contributed by atoms with E-state index in [4.69, 9.17) is 0 Å². The van der Waals surface area contributed by atoms with Gasteiger partial charge in [0.2, 0.25) is 0 Å². The Morgan fingerprint density at radius 2 is 1.81 bits per heavy atom. The molecule has 0 atom stereocenters. The van der Waals surface area contributed by atoms with Gasteiger partial charge in [-0.1, -0.05) is 13.8 Å². The van der Waals surface area contributed by atoms with Crippen LogP contribution in [0.3, 0.4) is 0 Å². The highest BCUT2D eigenvalue weighted by atomic mass is 19.1. The second kappa shape index (κ2) is 5.01. The fourth-order valence-corrected chi connectivity index (χ4v) is 2.95. The predicted molar refractivity (Wildman–Crippen MR) is 65.4 cm³/mol. The van der Waals surface area contributed by atoms with E-state index < -0.39 is 5.67 Å². The lowest BCUT2D eigenvalue weighted by Crippen LogP contribution is -2.64. The summed E-state index contributed by atoms with van der Waals surface area (Å²) in [6.45, 7) is 9.70. The van der Waals surface area contributed by atoms with Crippen LogP contribution in [0, 0.1) is 5.92 Å². The SMILES string of the molecule is CCCN1CC(F)(CN2CCC(C)CC2)C1. The van der Waals surface area contributed by atoms with Crippen LogP contribution < -0.4 is 0 Å². The van der Waals surface area contributed by atoms with Crippen LogP contribution in [0.2, 0.25) is 0 Å². The maximum absolute atomic E-state index is 14.3. The minimum Gasteiger partial charge on any atom is -0.300 e. The zero-order valence-corrected chi connectivity index (χ0v) is 10.7. The first-order valence-electron chi connectivity index (χ1n) is 6.75. The summed E-state index contributed by atoms with van der Waals surface area (Å²) in [6, 6.07) is 0. The molecule has 94 valence electrons. The van der Waals surface area contributed by atoms with Crippen LogP contribution in [0.4, 0.5) is 4.39 Å². The third kappa shape index (κ3) is 2.95. The summed E-state index contributed by atoms with van der Waals surface area (Å²) in [7, 11) is 0. The van der Waals surface area contributed by atoms with Gasteiger partial charge in [-0.25, -0.2) is 4.39 Å². The molecule has 0 amide bonds. The lowest BCUT2D eigenvalue weighted by molar-refractivity contribution is -0.0573. The number of piperidine rings is 1.